The van der Waals surface area contributed by atoms with Gasteiger partial charge in [-0.15, -0.1) is 0 Å². The number of ketones is 1. The van der Waals surface area contributed by atoms with E-state index in [-0.39, 0.29) is 20.9 Å². The van der Waals surface area contributed by atoms with Crippen molar-refractivity contribution in [3.8, 4) is 0 Å². The van der Waals surface area contributed by atoms with Gasteiger partial charge in [0.1, 0.15) is 9.79 Å². The van der Waals surface area contributed by atoms with Crippen LogP contribution in [0.15, 0.2) is 106 Å². The molecule has 2 atom stereocenters. The average Bonchev–Trinajstić information content (AvgIpc) is 2.87. The van der Waals surface area contributed by atoms with Crippen molar-refractivity contribution in [2.45, 2.75) is 16.7 Å². The lowest BCUT2D eigenvalue weighted by Gasteiger charge is -2.39. The number of quaternary nitrogens is 1. The number of hydrogen-bond donors (Lipinski definition) is 0. The molecule has 0 fully saturated rings. The van der Waals surface area contributed by atoms with Crippen molar-refractivity contribution in [3.05, 3.63) is 119 Å². The summed E-state index contributed by atoms with van der Waals surface area (Å²) in [5.74, 6) is -1.20. The Kier molecular flexibility index (Phi) is 5.88. The summed E-state index contributed by atoms with van der Waals surface area (Å²) in [6, 6.07) is 24.4. The maximum absolute atomic E-state index is 13.8. The van der Waals surface area contributed by atoms with Crippen molar-refractivity contribution >= 4 is 43.4 Å². The van der Waals surface area contributed by atoms with Crippen molar-refractivity contribution in [2.24, 2.45) is 0 Å². The molecule has 2 unspecified atom stereocenters. The second-order valence-corrected chi connectivity index (χ2v) is 11.7. The molecule has 1 aliphatic heterocycles. The summed E-state index contributed by atoms with van der Waals surface area (Å²) in [5, 5.41) is 15.4. The summed E-state index contributed by atoms with van der Waals surface area (Å²) in [6.45, 7) is 1.81. The molecule has 1 heterocycles. The lowest BCUT2D eigenvalue weighted by Crippen LogP contribution is -2.45. The Morgan fingerprint density at radius 2 is 1.53 bits per heavy atom. The molecule has 4 aromatic carbocycles. The van der Waals surface area contributed by atoms with Crippen molar-refractivity contribution in [1.82, 2.24) is 0 Å². The first-order chi connectivity index (χ1) is 17.1. The van der Waals surface area contributed by atoms with Crippen LogP contribution < -0.4 is 0 Å². The standard InChI is InChI=1S/C27H21NO6S2/c1-18-11-15-22(16-12-18)36(32,33)34-27-23-9-5-6-10-24(23)35(31)28(2,30)25(27)26(29)21-14-13-19-7-3-4-8-20(19)17-21/h3-17H,1-2H3. The molecular formula is C27H21NO6S2. The van der Waals surface area contributed by atoms with E-state index in [0.717, 1.165) is 23.4 Å². The molecule has 7 nitrogen and oxygen atoms in total. The Morgan fingerprint density at radius 1 is 0.889 bits per heavy atom. The highest BCUT2D eigenvalue weighted by Crippen LogP contribution is 2.41. The zero-order valence-corrected chi connectivity index (χ0v) is 21.0. The summed E-state index contributed by atoms with van der Waals surface area (Å²) in [4.78, 5) is 13.8. The van der Waals surface area contributed by atoms with E-state index in [4.69, 9.17) is 4.18 Å². The van der Waals surface area contributed by atoms with E-state index < -0.39 is 42.4 Å². The monoisotopic (exact) mass is 519 g/mol. The fraction of sp³-hybridized carbons (Fsp3) is 0.0741. The van der Waals surface area contributed by atoms with Gasteiger partial charge in [-0.1, -0.05) is 66.2 Å². The molecule has 0 radical (unpaired) electrons. The van der Waals surface area contributed by atoms with Crippen LogP contribution in [0, 0.1) is 12.1 Å². The van der Waals surface area contributed by atoms with Crippen LogP contribution in [0.1, 0.15) is 21.5 Å². The number of hydroxylamine groups is 2. The normalized spacial score (nSPS) is 19.7. The van der Waals surface area contributed by atoms with E-state index in [1.807, 2.05) is 31.2 Å². The third-order valence-corrected chi connectivity index (χ3v) is 8.77. The minimum atomic E-state index is -4.43. The van der Waals surface area contributed by atoms with Crippen LogP contribution in [-0.2, 0) is 25.3 Å². The molecule has 0 saturated heterocycles. The highest BCUT2D eigenvalue weighted by atomic mass is 32.2. The van der Waals surface area contributed by atoms with Crippen molar-refractivity contribution in [3.63, 3.8) is 0 Å². The number of Topliss-reactive ketones (excluding diaryl/α,β-unsaturated/α-hetero) is 1. The minimum Gasteiger partial charge on any atom is -0.613 e. The largest absolute Gasteiger partial charge is 0.613 e. The summed E-state index contributed by atoms with van der Waals surface area (Å²) in [7, 11) is -5.62. The van der Waals surface area contributed by atoms with Gasteiger partial charge in [-0.05, 0) is 48.0 Å². The molecule has 0 aliphatic carbocycles. The third kappa shape index (κ3) is 4.06. The molecule has 0 amide bonds. The summed E-state index contributed by atoms with van der Waals surface area (Å²) < 4.78 is 43.7. The number of nitrogens with zero attached hydrogens (tertiary/aromatic N) is 1. The van der Waals surface area contributed by atoms with Crippen LogP contribution in [0.3, 0.4) is 0 Å². The Bertz CT molecular complexity index is 1690. The van der Waals surface area contributed by atoms with Gasteiger partial charge in [-0.25, -0.2) is 4.05 Å². The molecule has 0 bridgehead atoms. The molecule has 182 valence electrons. The predicted molar refractivity (Wildman–Crippen MR) is 137 cm³/mol. The highest BCUT2D eigenvalue weighted by Gasteiger charge is 2.45. The van der Waals surface area contributed by atoms with Crippen LogP contribution in [0.4, 0.5) is 0 Å². The van der Waals surface area contributed by atoms with Crippen LogP contribution in [-0.4, -0.2) is 29.5 Å². The number of benzene rings is 4. The number of hydrogen-bond acceptors (Lipinski definition) is 6. The van der Waals surface area contributed by atoms with E-state index in [1.165, 1.54) is 24.3 Å². The smallest absolute Gasteiger partial charge is 0.339 e. The number of carbonyl (C=O) groups excluding carboxylic acids is 1. The van der Waals surface area contributed by atoms with Gasteiger partial charge in [-0.2, -0.15) is 12.6 Å². The van der Waals surface area contributed by atoms with Crippen LogP contribution in [0.2, 0.25) is 0 Å². The molecule has 0 spiro atoms. The number of likely N-dealkylation sites (N-methyl/N-ethyl adjacent to an activating group) is 1. The van der Waals surface area contributed by atoms with Gasteiger partial charge in [0.2, 0.25) is 22.4 Å². The van der Waals surface area contributed by atoms with Crippen molar-refractivity contribution in [1.29, 1.82) is 0 Å². The topological polar surface area (TPSA) is 101 Å². The van der Waals surface area contributed by atoms with E-state index in [2.05, 4.69) is 0 Å². The van der Waals surface area contributed by atoms with E-state index in [9.17, 15) is 22.6 Å². The van der Waals surface area contributed by atoms with Gasteiger partial charge in [0.15, 0.2) is 0 Å². The number of carbonyl (C=O) groups is 1. The molecule has 36 heavy (non-hydrogen) atoms. The maximum Gasteiger partial charge on any atom is 0.339 e. The van der Waals surface area contributed by atoms with Crippen LogP contribution in [0.5, 0.6) is 0 Å². The van der Waals surface area contributed by atoms with E-state index in [0.29, 0.717) is 0 Å². The second-order valence-electron chi connectivity index (χ2n) is 8.51. The lowest BCUT2D eigenvalue weighted by atomic mass is 10.0. The molecular weight excluding hydrogens is 498 g/mol. The lowest BCUT2D eigenvalue weighted by molar-refractivity contribution is -0.674. The Labute approximate surface area is 211 Å². The summed E-state index contributed by atoms with van der Waals surface area (Å²) >= 11 is 0. The fourth-order valence-electron chi connectivity index (χ4n) is 4.09. The number of allylic oxidation sites excluding steroid dienone is 1. The molecule has 5 rings (SSSR count). The SMILES string of the molecule is Cc1ccc(S(=O)(=O)OC2=C(C(=O)c3ccc4ccccc4c3)[N+](C)([O-])S(=O)c3ccccc32)cc1. The van der Waals surface area contributed by atoms with Gasteiger partial charge in [0.25, 0.3) is 5.78 Å². The maximum atomic E-state index is 13.8. The van der Waals surface area contributed by atoms with Gasteiger partial charge >= 0.3 is 10.1 Å². The summed E-state index contributed by atoms with van der Waals surface area (Å²) in [6.07, 6.45) is 0. The van der Waals surface area contributed by atoms with Gasteiger partial charge < -0.3 is 9.39 Å². The Hall–Kier alpha value is -3.63. The first kappa shape index (κ1) is 24.1. The van der Waals surface area contributed by atoms with E-state index in [1.54, 1.807) is 42.5 Å². The number of aryl methyl sites for hydroxylation is 1. The Morgan fingerprint density at radius 3 is 2.25 bits per heavy atom. The Balaban J connectivity index is 1.74. The van der Waals surface area contributed by atoms with Gasteiger partial charge in [-0.3, -0.25) is 4.79 Å². The first-order valence-corrected chi connectivity index (χ1v) is 13.5. The van der Waals surface area contributed by atoms with Crippen LogP contribution in [0.25, 0.3) is 16.5 Å². The van der Waals surface area contributed by atoms with Crippen molar-refractivity contribution in [2.75, 3.05) is 7.05 Å². The number of rotatable bonds is 5. The zero-order chi connectivity index (χ0) is 25.7. The van der Waals surface area contributed by atoms with Gasteiger partial charge in [0, 0.05) is 11.1 Å². The summed E-state index contributed by atoms with van der Waals surface area (Å²) in [5.41, 5.74) is 0.553. The third-order valence-electron chi connectivity index (χ3n) is 5.99. The number of fused-ring (bicyclic) bond motifs is 2. The molecule has 4 aromatic rings. The highest BCUT2D eigenvalue weighted by molar-refractivity contribution is 7.87. The van der Waals surface area contributed by atoms with E-state index >= 15 is 0 Å². The molecule has 0 N–H and O–H groups in total. The van der Waals surface area contributed by atoms with Crippen molar-refractivity contribution < 1.29 is 25.7 Å². The van der Waals surface area contributed by atoms with Crippen LogP contribution >= 0.6 is 0 Å². The molecule has 1 aliphatic rings. The zero-order valence-electron chi connectivity index (χ0n) is 19.4. The molecule has 9 heteroatoms. The molecule has 0 aromatic heterocycles. The average molecular weight is 520 g/mol. The molecule has 0 saturated carbocycles. The second kappa shape index (κ2) is 8.79. The van der Waals surface area contributed by atoms with Gasteiger partial charge in [0.05, 0.1) is 7.05 Å². The predicted octanol–water partition coefficient (Wildman–Crippen LogP) is 5.09. The fourth-order valence-corrected chi connectivity index (χ4v) is 6.30. The first-order valence-electron chi connectivity index (χ1n) is 11.0. The minimum absolute atomic E-state index is 0.0826. The quantitative estimate of drug-likeness (QED) is 0.158.